The van der Waals surface area contributed by atoms with Gasteiger partial charge in [-0.05, 0) is 0 Å². The van der Waals surface area contributed by atoms with Gasteiger partial charge in [0.2, 0.25) is 0 Å². The summed E-state index contributed by atoms with van der Waals surface area (Å²) in [4.78, 5) is 37.5. The molecule has 2 rings (SSSR count). The molecule has 0 fully saturated rings. The van der Waals surface area contributed by atoms with Gasteiger partial charge >= 0.3 is 5.69 Å². The third-order valence-electron chi connectivity index (χ3n) is 2.54. The first-order valence-electron chi connectivity index (χ1n) is 5.05. The summed E-state index contributed by atoms with van der Waals surface area (Å²) in [5.41, 5.74) is -2.29. The average Bonchev–Trinajstić information content (AvgIpc) is 2.36. The van der Waals surface area contributed by atoms with E-state index >= 15 is 0 Å². The summed E-state index contributed by atoms with van der Waals surface area (Å²) in [5, 5.41) is 10.8. The van der Waals surface area contributed by atoms with Crippen LogP contribution in [-0.4, -0.2) is 29.1 Å². The van der Waals surface area contributed by atoms with E-state index in [0.29, 0.717) is 0 Å². The van der Waals surface area contributed by atoms with Gasteiger partial charge in [0.15, 0.2) is 11.5 Å². The highest BCUT2D eigenvalue weighted by atomic mass is 16.6. The van der Waals surface area contributed by atoms with Crippen LogP contribution in [0.5, 0.6) is 11.5 Å². The van der Waals surface area contributed by atoms with E-state index in [1.54, 1.807) is 0 Å². The number of nitro benzene ring substituents is 1. The van der Waals surface area contributed by atoms with Crippen molar-refractivity contribution in [1.29, 1.82) is 0 Å². The lowest BCUT2D eigenvalue weighted by Gasteiger charge is -2.09. The largest absolute Gasteiger partial charge is 0.493 e. The van der Waals surface area contributed by atoms with Gasteiger partial charge in [0, 0.05) is 0 Å². The molecular weight excluding hydrogens is 258 g/mol. The number of non-ortho nitro benzene ring substituents is 1. The van der Waals surface area contributed by atoms with Crippen LogP contribution in [0.3, 0.4) is 0 Å². The molecule has 9 nitrogen and oxygen atoms in total. The van der Waals surface area contributed by atoms with Gasteiger partial charge in [0.05, 0.1) is 25.2 Å². The van der Waals surface area contributed by atoms with Crippen LogP contribution in [0.25, 0.3) is 10.9 Å². The molecule has 100 valence electrons. The molecule has 1 aromatic heterocycles. The highest BCUT2D eigenvalue weighted by Gasteiger charge is 2.23. The van der Waals surface area contributed by atoms with Crippen molar-refractivity contribution in [3.05, 3.63) is 37.0 Å². The Labute approximate surface area is 104 Å². The normalized spacial score (nSPS) is 10.4. The van der Waals surface area contributed by atoms with Crippen molar-refractivity contribution in [3.8, 4) is 11.5 Å². The molecule has 0 saturated heterocycles. The number of hydrogen-bond acceptors (Lipinski definition) is 6. The first-order chi connectivity index (χ1) is 8.99. The number of ether oxygens (including phenoxy) is 2. The molecule has 0 saturated carbocycles. The molecular formula is C10H9N3O6. The topological polar surface area (TPSA) is 127 Å². The number of methoxy groups -OCH3 is 2. The minimum Gasteiger partial charge on any atom is -0.493 e. The number of aromatic nitrogens is 2. The number of hydrogen-bond donors (Lipinski definition) is 2. The molecule has 0 atom stereocenters. The maximum Gasteiger partial charge on any atom is 0.326 e. The maximum absolute atomic E-state index is 11.8. The highest BCUT2D eigenvalue weighted by Crippen LogP contribution is 2.37. The average molecular weight is 267 g/mol. The molecule has 0 spiro atoms. The molecule has 0 aliphatic heterocycles. The SMILES string of the molecule is COc1cc([N+](=O)[O-])c2[nH]c(=O)[nH]c(=O)c2c1OC. The Morgan fingerprint density at radius 3 is 2.42 bits per heavy atom. The maximum atomic E-state index is 11.8. The predicted octanol–water partition coefficient (Wildman–Crippen LogP) is 0.142. The van der Waals surface area contributed by atoms with Crippen molar-refractivity contribution in [2.24, 2.45) is 0 Å². The summed E-state index contributed by atoms with van der Waals surface area (Å²) < 4.78 is 9.96. The van der Waals surface area contributed by atoms with Gasteiger partial charge < -0.3 is 14.5 Å². The quantitative estimate of drug-likeness (QED) is 0.601. The van der Waals surface area contributed by atoms with Gasteiger partial charge in [0.1, 0.15) is 10.9 Å². The number of nitrogens with zero attached hydrogens (tertiary/aromatic N) is 1. The van der Waals surface area contributed by atoms with E-state index in [9.17, 15) is 19.7 Å². The summed E-state index contributed by atoms with van der Waals surface area (Å²) in [6.07, 6.45) is 0. The molecule has 0 amide bonds. The van der Waals surface area contributed by atoms with E-state index in [0.717, 1.165) is 6.07 Å². The molecule has 2 aromatic rings. The number of nitro groups is 1. The van der Waals surface area contributed by atoms with Gasteiger partial charge in [-0.3, -0.25) is 19.9 Å². The fraction of sp³-hybridized carbons (Fsp3) is 0.200. The summed E-state index contributed by atoms with van der Waals surface area (Å²) >= 11 is 0. The number of nitrogens with one attached hydrogen (secondary N) is 2. The van der Waals surface area contributed by atoms with E-state index in [-0.39, 0.29) is 22.4 Å². The molecule has 1 aromatic carbocycles. The Kier molecular flexibility index (Phi) is 2.95. The molecule has 9 heteroatoms. The van der Waals surface area contributed by atoms with Crippen molar-refractivity contribution in [2.45, 2.75) is 0 Å². The van der Waals surface area contributed by atoms with Crippen molar-refractivity contribution >= 4 is 16.6 Å². The number of aromatic amines is 2. The Balaban J connectivity index is 3.11. The zero-order valence-corrected chi connectivity index (χ0v) is 9.97. The smallest absolute Gasteiger partial charge is 0.326 e. The van der Waals surface area contributed by atoms with Gasteiger partial charge in [-0.15, -0.1) is 0 Å². The van der Waals surface area contributed by atoms with E-state index in [1.807, 2.05) is 4.98 Å². The summed E-state index contributed by atoms with van der Waals surface area (Å²) in [5.74, 6) is 0.0415. The predicted molar refractivity (Wildman–Crippen MR) is 64.9 cm³/mol. The van der Waals surface area contributed by atoms with Crippen LogP contribution in [0.4, 0.5) is 5.69 Å². The number of rotatable bonds is 3. The zero-order valence-electron chi connectivity index (χ0n) is 9.97. The van der Waals surface area contributed by atoms with Crippen LogP contribution in [0.1, 0.15) is 0 Å². The summed E-state index contributed by atoms with van der Waals surface area (Å²) in [6, 6.07) is 1.08. The molecule has 1 heterocycles. The third kappa shape index (κ3) is 1.90. The van der Waals surface area contributed by atoms with Gasteiger partial charge in [-0.1, -0.05) is 0 Å². The van der Waals surface area contributed by atoms with Crippen LogP contribution in [0.2, 0.25) is 0 Å². The van der Waals surface area contributed by atoms with E-state index in [2.05, 4.69) is 4.98 Å². The van der Waals surface area contributed by atoms with E-state index < -0.39 is 21.9 Å². The summed E-state index contributed by atoms with van der Waals surface area (Å²) in [6.45, 7) is 0. The monoisotopic (exact) mass is 267 g/mol. The first kappa shape index (κ1) is 12.6. The van der Waals surface area contributed by atoms with Crippen molar-refractivity contribution < 1.29 is 14.4 Å². The van der Waals surface area contributed by atoms with Crippen LogP contribution in [-0.2, 0) is 0 Å². The standard InChI is InChI=1S/C10H9N3O6/c1-18-5-3-4(13(16)17)7-6(8(5)19-2)9(14)12-10(15)11-7/h3H,1-2H3,(H2,11,12,14,15). The van der Waals surface area contributed by atoms with Crippen LogP contribution in [0.15, 0.2) is 15.7 Å². The minimum absolute atomic E-state index is 0.0144. The second-order valence-corrected chi connectivity index (χ2v) is 3.55. The molecule has 0 bridgehead atoms. The number of H-pyrrole nitrogens is 2. The second kappa shape index (κ2) is 4.44. The van der Waals surface area contributed by atoms with Gasteiger partial charge in [0.25, 0.3) is 11.2 Å². The molecule has 0 aliphatic rings. The van der Waals surface area contributed by atoms with Crippen molar-refractivity contribution in [2.75, 3.05) is 14.2 Å². The molecule has 2 N–H and O–H groups in total. The van der Waals surface area contributed by atoms with E-state index in [4.69, 9.17) is 9.47 Å². The van der Waals surface area contributed by atoms with Gasteiger partial charge in [-0.2, -0.15) is 0 Å². The number of benzene rings is 1. The molecule has 0 aliphatic carbocycles. The Bertz CT molecular complexity index is 775. The van der Waals surface area contributed by atoms with Crippen LogP contribution in [0, 0.1) is 10.1 Å². The molecule has 19 heavy (non-hydrogen) atoms. The Morgan fingerprint density at radius 2 is 1.89 bits per heavy atom. The lowest BCUT2D eigenvalue weighted by atomic mass is 10.2. The van der Waals surface area contributed by atoms with Crippen molar-refractivity contribution in [1.82, 2.24) is 9.97 Å². The lowest BCUT2D eigenvalue weighted by Crippen LogP contribution is -2.23. The molecule has 0 unspecified atom stereocenters. The van der Waals surface area contributed by atoms with Gasteiger partial charge in [-0.25, -0.2) is 4.79 Å². The zero-order chi connectivity index (χ0) is 14.2. The highest BCUT2D eigenvalue weighted by molar-refractivity contribution is 5.93. The second-order valence-electron chi connectivity index (χ2n) is 3.55. The fourth-order valence-corrected chi connectivity index (χ4v) is 1.78. The van der Waals surface area contributed by atoms with E-state index in [1.165, 1.54) is 14.2 Å². The third-order valence-corrected chi connectivity index (χ3v) is 2.54. The summed E-state index contributed by atoms with van der Waals surface area (Å²) in [7, 11) is 2.57. The lowest BCUT2D eigenvalue weighted by molar-refractivity contribution is -0.383. The minimum atomic E-state index is -0.840. The molecule has 0 radical (unpaired) electrons. The van der Waals surface area contributed by atoms with Crippen LogP contribution >= 0.6 is 0 Å². The Morgan fingerprint density at radius 1 is 1.21 bits per heavy atom. The fourth-order valence-electron chi connectivity index (χ4n) is 1.78. The van der Waals surface area contributed by atoms with Crippen LogP contribution < -0.4 is 20.7 Å². The number of fused-ring (bicyclic) bond motifs is 1. The first-order valence-corrected chi connectivity index (χ1v) is 5.05. The Hall–Kier alpha value is -2.84. The van der Waals surface area contributed by atoms with Crippen molar-refractivity contribution in [3.63, 3.8) is 0 Å².